The molecule has 1 fully saturated rings. The summed E-state index contributed by atoms with van der Waals surface area (Å²) in [5.74, 6) is 0. The van der Waals surface area contributed by atoms with E-state index in [-0.39, 0.29) is 0 Å². The minimum atomic E-state index is -0.416. The number of piperidine rings is 1. The topological polar surface area (TPSA) is 23.5 Å². The zero-order valence-corrected chi connectivity index (χ0v) is 11.4. The Morgan fingerprint density at radius 1 is 1.11 bits per heavy atom. The maximum absolute atomic E-state index is 9.89. The zero-order valence-electron chi connectivity index (χ0n) is 11.4. The quantitative estimate of drug-likeness (QED) is 0.809. The van der Waals surface area contributed by atoms with Crippen molar-refractivity contribution in [2.45, 2.75) is 44.6 Å². The van der Waals surface area contributed by atoms with Gasteiger partial charge < -0.3 is 10.0 Å². The van der Waals surface area contributed by atoms with E-state index in [0.29, 0.717) is 0 Å². The molecule has 0 unspecified atom stereocenters. The summed E-state index contributed by atoms with van der Waals surface area (Å²) in [7, 11) is 0. The van der Waals surface area contributed by atoms with E-state index in [1.165, 1.54) is 31.4 Å². The average molecular weight is 247 g/mol. The molecule has 0 atom stereocenters. The van der Waals surface area contributed by atoms with Gasteiger partial charge in [-0.15, -0.1) is 0 Å². The second-order valence-corrected chi connectivity index (χ2v) is 5.78. The minimum absolute atomic E-state index is 0.416. The highest BCUT2D eigenvalue weighted by atomic mass is 16.3. The van der Waals surface area contributed by atoms with Crippen LogP contribution < -0.4 is 0 Å². The van der Waals surface area contributed by atoms with Crippen LogP contribution in [0, 0.1) is 0 Å². The van der Waals surface area contributed by atoms with E-state index >= 15 is 0 Å². The van der Waals surface area contributed by atoms with Crippen LogP contribution in [0.2, 0.25) is 0 Å². The molecule has 100 valence electrons. The van der Waals surface area contributed by atoms with Crippen LogP contribution in [0.3, 0.4) is 0 Å². The standard InChI is InChI=1S/C16H25NO/c1-16(18)10-13-17(14-11-16)12-6-5-9-15-7-3-2-4-8-15/h2-4,7-8,18H,5-6,9-14H2,1H3. The van der Waals surface area contributed by atoms with Gasteiger partial charge in [-0.1, -0.05) is 30.3 Å². The smallest absolute Gasteiger partial charge is 0.0644 e. The van der Waals surface area contributed by atoms with E-state index in [1.54, 1.807) is 0 Å². The lowest BCUT2D eigenvalue weighted by atomic mass is 9.94. The van der Waals surface area contributed by atoms with Gasteiger partial charge in [0, 0.05) is 13.1 Å². The van der Waals surface area contributed by atoms with Crippen molar-refractivity contribution in [2.24, 2.45) is 0 Å². The molecular formula is C16H25NO. The van der Waals surface area contributed by atoms with Crippen molar-refractivity contribution >= 4 is 0 Å². The number of aryl methyl sites for hydroxylation is 1. The number of rotatable bonds is 5. The Hall–Kier alpha value is -0.860. The van der Waals surface area contributed by atoms with Crippen molar-refractivity contribution < 1.29 is 5.11 Å². The third-order valence-corrected chi connectivity index (χ3v) is 3.97. The molecule has 18 heavy (non-hydrogen) atoms. The van der Waals surface area contributed by atoms with E-state index < -0.39 is 5.60 Å². The van der Waals surface area contributed by atoms with E-state index in [0.717, 1.165) is 25.9 Å². The fourth-order valence-corrected chi connectivity index (χ4v) is 2.57. The Labute approximate surface area is 111 Å². The molecule has 1 aromatic rings. The first-order valence-corrected chi connectivity index (χ1v) is 7.14. The fourth-order valence-electron chi connectivity index (χ4n) is 2.57. The predicted octanol–water partition coefficient (Wildman–Crippen LogP) is 2.86. The second-order valence-electron chi connectivity index (χ2n) is 5.78. The van der Waals surface area contributed by atoms with E-state index in [9.17, 15) is 5.11 Å². The van der Waals surface area contributed by atoms with Gasteiger partial charge in [0.05, 0.1) is 5.60 Å². The van der Waals surface area contributed by atoms with E-state index in [1.807, 2.05) is 6.92 Å². The molecule has 0 bridgehead atoms. The van der Waals surface area contributed by atoms with Crippen LogP contribution in [-0.4, -0.2) is 35.2 Å². The van der Waals surface area contributed by atoms with Gasteiger partial charge in [0.25, 0.3) is 0 Å². The molecule has 1 aromatic carbocycles. The third kappa shape index (κ3) is 4.43. The van der Waals surface area contributed by atoms with Crippen LogP contribution in [-0.2, 0) is 6.42 Å². The van der Waals surface area contributed by atoms with Crippen molar-refractivity contribution in [2.75, 3.05) is 19.6 Å². The molecule has 0 saturated carbocycles. The van der Waals surface area contributed by atoms with Crippen LogP contribution in [0.5, 0.6) is 0 Å². The normalized spacial score (nSPS) is 19.9. The van der Waals surface area contributed by atoms with Gasteiger partial charge in [0.2, 0.25) is 0 Å². The van der Waals surface area contributed by atoms with Gasteiger partial charge in [-0.05, 0) is 51.1 Å². The lowest BCUT2D eigenvalue weighted by Crippen LogP contribution is -2.42. The number of nitrogens with zero attached hydrogens (tertiary/aromatic N) is 1. The fraction of sp³-hybridized carbons (Fsp3) is 0.625. The van der Waals surface area contributed by atoms with Crippen molar-refractivity contribution in [1.82, 2.24) is 4.90 Å². The van der Waals surface area contributed by atoms with Crippen LogP contribution in [0.25, 0.3) is 0 Å². The predicted molar refractivity (Wildman–Crippen MR) is 75.7 cm³/mol. The Morgan fingerprint density at radius 3 is 2.44 bits per heavy atom. The van der Waals surface area contributed by atoms with Crippen LogP contribution in [0.4, 0.5) is 0 Å². The number of likely N-dealkylation sites (tertiary alicyclic amines) is 1. The molecule has 1 N–H and O–H groups in total. The van der Waals surface area contributed by atoms with Crippen LogP contribution in [0.1, 0.15) is 38.2 Å². The highest BCUT2D eigenvalue weighted by molar-refractivity contribution is 5.14. The minimum Gasteiger partial charge on any atom is -0.390 e. The number of aliphatic hydroxyl groups is 1. The molecular weight excluding hydrogens is 222 g/mol. The molecule has 2 rings (SSSR count). The van der Waals surface area contributed by atoms with Crippen molar-refractivity contribution in [1.29, 1.82) is 0 Å². The molecule has 2 nitrogen and oxygen atoms in total. The summed E-state index contributed by atoms with van der Waals surface area (Å²) >= 11 is 0. The Kier molecular flexibility index (Phi) is 4.79. The number of unbranched alkanes of at least 4 members (excludes halogenated alkanes) is 1. The van der Waals surface area contributed by atoms with E-state index in [4.69, 9.17) is 0 Å². The van der Waals surface area contributed by atoms with Crippen molar-refractivity contribution in [3.05, 3.63) is 35.9 Å². The van der Waals surface area contributed by atoms with E-state index in [2.05, 4.69) is 35.2 Å². The van der Waals surface area contributed by atoms with Gasteiger partial charge in [0.1, 0.15) is 0 Å². The lowest BCUT2D eigenvalue weighted by molar-refractivity contribution is -0.00550. The summed E-state index contributed by atoms with van der Waals surface area (Å²) in [6.45, 7) is 5.25. The summed E-state index contributed by atoms with van der Waals surface area (Å²) in [6, 6.07) is 10.7. The number of hydrogen-bond acceptors (Lipinski definition) is 2. The Morgan fingerprint density at radius 2 is 1.78 bits per heavy atom. The highest BCUT2D eigenvalue weighted by Crippen LogP contribution is 2.21. The first-order valence-electron chi connectivity index (χ1n) is 7.14. The molecule has 1 aliphatic heterocycles. The zero-order chi connectivity index (χ0) is 12.8. The number of hydrogen-bond donors (Lipinski definition) is 1. The molecule has 2 heteroatoms. The molecule has 0 amide bonds. The monoisotopic (exact) mass is 247 g/mol. The van der Waals surface area contributed by atoms with Crippen molar-refractivity contribution in [3.8, 4) is 0 Å². The largest absolute Gasteiger partial charge is 0.390 e. The van der Waals surface area contributed by atoms with Gasteiger partial charge in [-0.3, -0.25) is 0 Å². The summed E-state index contributed by atoms with van der Waals surface area (Å²) in [6.07, 6.45) is 5.55. The SMILES string of the molecule is CC1(O)CCN(CCCCc2ccccc2)CC1. The summed E-state index contributed by atoms with van der Waals surface area (Å²) < 4.78 is 0. The molecule has 1 heterocycles. The second kappa shape index (κ2) is 6.35. The van der Waals surface area contributed by atoms with Crippen LogP contribution in [0.15, 0.2) is 30.3 Å². The molecule has 0 aromatic heterocycles. The Balaban J connectivity index is 1.59. The number of benzene rings is 1. The summed E-state index contributed by atoms with van der Waals surface area (Å²) in [5.41, 5.74) is 1.03. The molecule has 1 aliphatic rings. The lowest BCUT2D eigenvalue weighted by Gasteiger charge is -2.35. The van der Waals surface area contributed by atoms with Crippen molar-refractivity contribution in [3.63, 3.8) is 0 Å². The molecule has 0 aliphatic carbocycles. The maximum Gasteiger partial charge on any atom is 0.0644 e. The first-order chi connectivity index (χ1) is 8.66. The first kappa shape index (κ1) is 13.6. The van der Waals surface area contributed by atoms with Gasteiger partial charge in [-0.2, -0.15) is 0 Å². The molecule has 0 radical (unpaired) electrons. The van der Waals surface area contributed by atoms with Gasteiger partial charge >= 0.3 is 0 Å². The van der Waals surface area contributed by atoms with Gasteiger partial charge in [0.15, 0.2) is 0 Å². The highest BCUT2D eigenvalue weighted by Gasteiger charge is 2.26. The third-order valence-electron chi connectivity index (χ3n) is 3.97. The Bertz CT molecular complexity index is 337. The molecule has 0 spiro atoms. The summed E-state index contributed by atoms with van der Waals surface area (Å²) in [5, 5.41) is 9.89. The van der Waals surface area contributed by atoms with Crippen LogP contribution >= 0.6 is 0 Å². The maximum atomic E-state index is 9.89. The van der Waals surface area contributed by atoms with Gasteiger partial charge in [-0.25, -0.2) is 0 Å². The summed E-state index contributed by atoms with van der Waals surface area (Å²) in [4.78, 5) is 2.49. The average Bonchev–Trinajstić information content (AvgIpc) is 2.37. The molecule has 1 saturated heterocycles.